The van der Waals surface area contributed by atoms with Crippen LogP contribution in [0.25, 0.3) is 11.1 Å². The quantitative estimate of drug-likeness (QED) is 0.220. The number of carbonyl (C=O) groups excluding carboxylic acids is 1. The molecule has 0 N–H and O–H groups in total. The van der Waals surface area contributed by atoms with E-state index in [-0.39, 0.29) is 24.5 Å². The van der Waals surface area contributed by atoms with Crippen LogP contribution in [-0.4, -0.2) is 16.5 Å². The maximum atomic E-state index is 13.2. The Labute approximate surface area is 221 Å². The summed E-state index contributed by atoms with van der Waals surface area (Å²) in [5.74, 6) is -0.192. The Balaban J connectivity index is 1.74. The third-order valence-corrected chi connectivity index (χ3v) is 6.57. The Kier molecular flexibility index (Phi) is 8.58. The zero-order chi connectivity index (χ0) is 26.3. The first kappa shape index (κ1) is 26.4. The molecule has 4 aromatic rings. The van der Waals surface area contributed by atoms with E-state index >= 15 is 0 Å². The number of nitrogens with zero attached hydrogens (tertiary/aromatic N) is 1. The van der Waals surface area contributed by atoms with Gasteiger partial charge in [0, 0.05) is 18.6 Å². The van der Waals surface area contributed by atoms with Crippen LogP contribution in [0.1, 0.15) is 62.9 Å². The molecule has 4 aromatic carbocycles. The minimum absolute atomic E-state index is 0.0858. The van der Waals surface area contributed by atoms with Gasteiger partial charge in [-0.2, -0.15) is 0 Å². The molecular weight excluding hydrogens is 454 g/mol. The van der Waals surface area contributed by atoms with Crippen LogP contribution in [0.4, 0.5) is 0 Å². The van der Waals surface area contributed by atoms with Gasteiger partial charge in [-0.25, -0.2) is 0 Å². The van der Waals surface area contributed by atoms with Gasteiger partial charge in [-0.15, -0.1) is 0 Å². The van der Waals surface area contributed by atoms with Gasteiger partial charge in [-0.1, -0.05) is 115 Å². The van der Waals surface area contributed by atoms with Gasteiger partial charge in [0.15, 0.2) is 0 Å². The van der Waals surface area contributed by atoms with Gasteiger partial charge >= 0.3 is 5.97 Å². The summed E-state index contributed by atoms with van der Waals surface area (Å²) in [7, 11) is 0. The highest BCUT2D eigenvalue weighted by Gasteiger charge is 2.30. The van der Waals surface area contributed by atoms with Crippen molar-refractivity contribution in [2.24, 2.45) is 0 Å². The lowest BCUT2D eigenvalue weighted by Crippen LogP contribution is -2.34. The number of carbonyl (C=O) groups is 1. The highest BCUT2D eigenvalue weighted by atomic mass is 16.6. The molecule has 0 aromatic heterocycles. The summed E-state index contributed by atoms with van der Waals surface area (Å²) in [6.45, 7) is 8.69. The monoisotopic (exact) mass is 491 g/mol. The van der Waals surface area contributed by atoms with Crippen LogP contribution < -0.4 is 0 Å². The highest BCUT2D eigenvalue weighted by Crippen LogP contribution is 2.36. The first-order valence-corrected chi connectivity index (χ1v) is 13.0. The number of rotatable bonds is 9. The van der Waals surface area contributed by atoms with E-state index in [1.807, 2.05) is 39.0 Å². The van der Waals surface area contributed by atoms with Gasteiger partial charge in [0.25, 0.3) is 0 Å². The lowest BCUT2D eigenvalue weighted by atomic mass is 9.94. The number of esters is 1. The number of benzene rings is 4. The van der Waals surface area contributed by atoms with Gasteiger partial charge in [-0.05, 0) is 55.5 Å². The summed E-state index contributed by atoms with van der Waals surface area (Å²) in [4.78, 5) is 15.6. The second-order valence-electron chi connectivity index (χ2n) is 10.5. The third kappa shape index (κ3) is 7.41. The van der Waals surface area contributed by atoms with Crippen molar-refractivity contribution < 1.29 is 9.53 Å². The molecule has 0 fully saturated rings. The first-order valence-electron chi connectivity index (χ1n) is 13.0. The van der Waals surface area contributed by atoms with Crippen molar-refractivity contribution in [2.75, 3.05) is 0 Å². The molecule has 0 saturated heterocycles. The normalized spacial score (nSPS) is 13.2. The fourth-order valence-corrected chi connectivity index (χ4v) is 4.73. The van der Waals surface area contributed by atoms with Crippen molar-refractivity contribution in [3.8, 4) is 11.1 Å². The fraction of sp³-hybridized carbons (Fsp3) is 0.265. The largest absolute Gasteiger partial charge is 0.460 e. The van der Waals surface area contributed by atoms with E-state index in [0.717, 1.165) is 11.1 Å². The van der Waals surface area contributed by atoms with Crippen molar-refractivity contribution in [3.05, 3.63) is 132 Å². The zero-order valence-electron chi connectivity index (χ0n) is 22.3. The van der Waals surface area contributed by atoms with Crippen molar-refractivity contribution in [1.29, 1.82) is 0 Å². The topological polar surface area (TPSA) is 29.5 Å². The predicted molar refractivity (Wildman–Crippen MR) is 152 cm³/mol. The summed E-state index contributed by atoms with van der Waals surface area (Å²) < 4.78 is 5.80. The van der Waals surface area contributed by atoms with E-state index in [1.165, 1.54) is 16.7 Å². The van der Waals surface area contributed by atoms with Crippen molar-refractivity contribution in [2.45, 2.75) is 58.3 Å². The molecule has 0 bridgehead atoms. The van der Waals surface area contributed by atoms with Gasteiger partial charge in [0.1, 0.15) is 5.60 Å². The molecule has 0 aliphatic rings. The summed E-state index contributed by atoms with van der Waals surface area (Å²) in [6.07, 6.45) is 0.270. The maximum Gasteiger partial charge on any atom is 0.308 e. The van der Waals surface area contributed by atoms with Crippen LogP contribution >= 0.6 is 0 Å². The maximum absolute atomic E-state index is 13.2. The van der Waals surface area contributed by atoms with Crippen molar-refractivity contribution >= 4 is 5.97 Å². The number of hydrogen-bond donors (Lipinski definition) is 0. The van der Waals surface area contributed by atoms with E-state index in [2.05, 4.69) is 109 Å². The average Bonchev–Trinajstić information content (AvgIpc) is 2.91. The summed E-state index contributed by atoms with van der Waals surface area (Å²) >= 11 is 0. The Bertz CT molecular complexity index is 1250. The van der Waals surface area contributed by atoms with E-state index in [0.29, 0.717) is 6.54 Å². The molecule has 0 heterocycles. The van der Waals surface area contributed by atoms with E-state index in [1.54, 1.807) is 0 Å². The van der Waals surface area contributed by atoms with Crippen LogP contribution in [0.5, 0.6) is 0 Å². The fourth-order valence-electron chi connectivity index (χ4n) is 4.73. The molecule has 2 atom stereocenters. The van der Waals surface area contributed by atoms with Crippen LogP contribution in [0, 0.1) is 0 Å². The molecule has 37 heavy (non-hydrogen) atoms. The lowest BCUT2D eigenvalue weighted by Gasteiger charge is -2.37. The average molecular weight is 492 g/mol. The molecule has 0 aliphatic heterocycles. The Morgan fingerprint density at radius 1 is 0.703 bits per heavy atom. The van der Waals surface area contributed by atoms with Gasteiger partial charge in [-0.3, -0.25) is 9.69 Å². The number of ether oxygens (including phenoxy) is 1. The molecule has 3 nitrogen and oxygen atoms in total. The molecule has 0 saturated carbocycles. The third-order valence-electron chi connectivity index (χ3n) is 6.57. The van der Waals surface area contributed by atoms with Crippen molar-refractivity contribution in [1.82, 2.24) is 4.90 Å². The smallest absolute Gasteiger partial charge is 0.308 e. The highest BCUT2D eigenvalue weighted by molar-refractivity contribution is 5.71. The first-order chi connectivity index (χ1) is 17.8. The summed E-state index contributed by atoms with van der Waals surface area (Å²) in [5, 5.41) is 0. The molecule has 0 amide bonds. The predicted octanol–water partition coefficient (Wildman–Crippen LogP) is 8.39. The summed E-state index contributed by atoms with van der Waals surface area (Å²) in [6, 6.07) is 39.9. The molecular formula is C34H37NO2. The molecule has 2 unspecified atom stereocenters. The molecule has 0 spiro atoms. The molecule has 0 aliphatic carbocycles. The van der Waals surface area contributed by atoms with Gasteiger partial charge < -0.3 is 4.74 Å². The second-order valence-corrected chi connectivity index (χ2v) is 10.5. The lowest BCUT2D eigenvalue weighted by molar-refractivity contribution is -0.156. The van der Waals surface area contributed by atoms with Crippen LogP contribution in [0.3, 0.4) is 0 Å². The Hall–Kier alpha value is -3.69. The van der Waals surface area contributed by atoms with Crippen LogP contribution in [0.15, 0.2) is 115 Å². The number of hydrogen-bond acceptors (Lipinski definition) is 3. The Morgan fingerprint density at radius 3 is 1.78 bits per heavy atom. The van der Waals surface area contributed by atoms with E-state index < -0.39 is 5.60 Å². The molecule has 4 rings (SSSR count). The van der Waals surface area contributed by atoms with Crippen molar-refractivity contribution in [3.63, 3.8) is 0 Å². The van der Waals surface area contributed by atoms with Gasteiger partial charge in [0.05, 0.1) is 6.42 Å². The standard InChI is InChI=1S/C34H37NO2/c1-26(28-16-10-6-11-17-28)35(25-27-14-8-5-9-15-27)32(24-33(36)37-34(2,3)4)31-22-20-30(21-23-31)29-18-12-7-13-19-29/h5-23,26,32H,24-25H2,1-4H3. The minimum atomic E-state index is -0.534. The zero-order valence-corrected chi connectivity index (χ0v) is 22.3. The molecule has 190 valence electrons. The van der Waals surface area contributed by atoms with E-state index in [4.69, 9.17) is 4.74 Å². The minimum Gasteiger partial charge on any atom is -0.460 e. The second kappa shape index (κ2) is 12.0. The van der Waals surface area contributed by atoms with E-state index in [9.17, 15) is 4.79 Å². The van der Waals surface area contributed by atoms with Gasteiger partial charge in [0.2, 0.25) is 0 Å². The molecule has 3 heteroatoms. The Morgan fingerprint density at radius 2 is 1.22 bits per heavy atom. The van der Waals surface area contributed by atoms with Crippen LogP contribution in [0.2, 0.25) is 0 Å². The SMILES string of the molecule is CC(c1ccccc1)N(Cc1ccccc1)C(CC(=O)OC(C)(C)C)c1ccc(-c2ccccc2)cc1. The molecule has 0 radical (unpaired) electrons. The van der Waals surface area contributed by atoms with Crippen LogP contribution in [-0.2, 0) is 16.1 Å². The summed E-state index contributed by atoms with van der Waals surface area (Å²) in [5.41, 5.74) is 5.33.